The van der Waals surface area contributed by atoms with Gasteiger partial charge < -0.3 is 15.4 Å². The van der Waals surface area contributed by atoms with Crippen molar-refractivity contribution in [3.05, 3.63) is 6.20 Å². The smallest absolute Gasteiger partial charge is 0.315 e. The van der Waals surface area contributed by atoms with E-state index in [1.54, 1.807) is 29.8 Å². The molecule has 2 aliphatic rings. The lowest BCUT2D eigenvalue weighted by Crippen LogP contribution is -2.72. The van der Waals surface area contributed by atoms with Crippen LogP contribution in [-0.2, 0) is 14.3 Å². The third-order valence-corrected chi connectivity index (χ3v) is 7.46. The van der Waals surface area contributed by atoms with Gasteiger partial charge in [-0.15, -0.1) is 28.6 Å². The highest BCUT2D eigenvalue weighted by Gasteiger charge is 2.56. The molecule has 0 aliphatic carbocycles. The summed E-state index contributed by atoms with van der Waals surface area (Å²) in [6, 6.07) is -0.441. The average molecular weight is 360 g/mol. The number of hydrogen-bond donors (Lipinski definition) is 1. The van der Waals surface area contributed by atoms with E-state index in [4.69, 9.17) is 10.5 Å². The standard InChI is InChI=1S/C12H16N4O3S3/c1-2-19-11(18)12(5-20-7-3-14-15-22-7)4-16-9(17)8(13)10(16)21-6-12/h3,8,10H,2,4-6,13H2,1H3/t8?,10-,12?/m1/s1. The zero-order valence-corrected chi connectivity index (χ0v) is 14.4. The number of nitrogens with zero attached hydrogens (tertiary/aromatic N) is 3. The van der Waals surface area contributed by atoms with Crippen molar-refractivity contribution in [1.82, 2.24) is 14.5 Å². The number of β-lactam (4-membered cyclic amide) rings is 1. The summed E-state index contributed by atoms with van der Waals surface area (Å²) >= 11 is 4.38. The molecule has 0 radical (unpaired) electrons. The van der Waals surface area contributed by atoms with Crippen LogP contribution in [0.3, 0.4) is 0 Å². The molecule has 2 N–H and O–H groups in total. The Bertz CT molecular complexity index is 570. The molecule has 2 unspecified atom stereocenters. The van der Waals surface area contributed by atoms with Gasteiger partial charge in [-0.05, 0) is 18.5 Å². The lowest BCUT2D eigenvalue weighted by atomic mass is 9.89. The average Bonchev–Trinajstić information content (AvgIpc) is 3.05. The molecule has 1 aromatic heterocycles. The number of aromatic nitrogens is 2. The van der Waals surface area contributed by atoms with E-state index in [1.807, 2.05) is 0 Å². The number of esters is 1. The fraction of sp³-hybridized carbons (Fsp3) is 0.667. The summed E-state index contributed by atoms with van der Waals surface area (Å²) in [5.74, 6) is 0.802. The van der Waals surface area contributed by atoms with Crippen molar-refractivity contribution in [2.24, 2.45) is 11.1 Å². The van der Waals surface area contributed by atoms with Crippen molar-refractivity contribution in [2.75, 3.05) is 24.7 Å². The van der Waals surface area contributed by atoms with Crippen LogP contribution in [0.15, 0.2) is 10.4 Å². The molecule has 1 amide bonds. The van der Waals surface area contributed by atoms with Gasteiger partial charge in [-0.25, -0.2) is 0 Å². The minimum atomic E-state index is -0.707. The highest BCUT2D eigenvalue weighted by atomic mass is 32.2. The maximum atomic E-state index is 12.5. The van der Waals surface area contributed by atoms with Gasteiger partial charge in [-0.3, -0.25) is 9.59 Å². The molecule has 10 heteroatoms. The Kier molecular flexibility index (Phi) is 4.62. The van der Waals surface area contributed by atoms with E-state index in [1.165, 1.54) is 23.3 Å². The molecule has 0 saturated carbocycles. The number of fused-ring (bicyclic) bond motifs is 1. The second-order valence-electron chi connectivity index (χ2n) is 5.22. The van der Waals surface area contributed by atoms with Gasteiger partial charge in [0.2, 0.25) is 5.91 Å². The second kappa shape index (κ2) is 6.34. The van der Waals surface area contributed by atoms with Gasteiger partial charge >= 0.3 is 5.97 Å². The number of thioether (sulfide) groups is 2. The fourth-order valence-electron chi connectivity index (χ4n) is 2.51. The van der Waals surface area contributed by atoms with Crippen LogP contribution in [-0.4, -0.2) is 62.4 Å². The molecule has 0 bridgehead atoms. The molecule has 120 valence electrons. The Hall–Kier alpha value is -0.840. The van der Waals surface area contributed by atoms with Gasteiger partial charge in [0.25, 0.3) is 0 Å². The molecule has 2 aliphatic heterocycles. The number of carbonyl (C=O) groups is 2. The minimum absolute atomic E-state index is 0.00915. The van der Waals surface area contributed by atoms with Crippen LogP contribution in [0.1, 0.15) is 6.92 Å². The SMILES string of the molecule is CCOC(=O)C1(CSc2cnns2)CS[C@@H]2C(N)C(=O)N2C1. The van der Waals surface area contributed by atoms with E-state index in [0.717, 1.165) is 4.21 Å². The molecule has 22 heavy (non-hydrogen) atoms. The van der Waals surface area contributed by atoms with Crippen LogP contribution in [0.25, 0.3) is 0 Å². The Morgan fingerprint density at radius 1 is 1.68 bits per heavy atom. The van der Waals surface area contributed by atoms with Crippen molar-refractivity contribution >= 4 is 46.9 Å². The molecule has 3 rings (SSSR count). The molecular weight excluding hydrogens is 344 g/mol. The third kappa shape index (κ3) is 2.72. The van der Waals surface area contributed by atoms with Crippen LogP contribution in [0.2, 0.25) is 0 Å². The van der Waals surface area contributed by atoms with E-state index in [9.17, 15) is 9.59 Å². The summed E-state index contributed by atoms with van der Waals surface area (Å²) in [7, 11) is 0. The maximum absolute atomic E-state index is 12.5. The molecule has 1 aromatic rings. The maximum Gasteiger partial charge on any atom is 0.315 e. The molecular formula is C12H16N4O3S3. The van der Waals surface area contributed by atoms with E-state index < -0.39 is 11.5 Å². The summed E-state index contributed by atoms with van der Waals surface area (Å²) in [4.78, 5) is 26.1. The monoisotopic (exact) mass is 360 g/mol. The second-order valence-corrected chi connectivity index (χ2v) is 8.39. The van der Waals surface area contributed by atoms with Crippen LogP contribution in [0.5, 0.6) is 0 Å². The first kappa shape index (κ1) is 16.0. The Labute approximate surface area is 140 Å². The first-order valence-electron chi connectivity index (χ1n) is 6.82. The molecule has 0 spiro atoms. The molecule has 0 aromatic carbocycles. The Balaban J connectivity index is 1.75. The van der Waals surface area contributed by atoms with Gasteiger partial charge in [-0.1, -0.05) is 4.49 Å². The third-order valence-electron chi connectivity index (χ3n) is 3.73. The van der Waals surface area contributed by atoms with E-state index >= 15 is 0 Å². The number of carbonyl (C=O) groups excluding carboxylic acids is 2. The summed E-state index contributed by atoms with van der Waals surface area (Å²) < 4.78 is 10.0. The topological polar surface area (TPSA) is 98.4 Å². The molecule has 7 nitrogen and oxygen atoms in total. The summed E-state index contributed by atoms with van der Waals surface area (Å²) in [5, 5.41) is 3.79. The normalized spacial score (nSPS) is 30.6. The van der Waals surface area contributed by atoms with Crippen molar-refractivity contribution in [2.45, 2.75) is 22.5 Å². The van der Waals surface area contributed by atoms with E-state index in [0.29, 0.717) is 24.7 Å². The van der Waals surface area contributed by atoms with Crippen LogP contribution in [0, 0.1) is 5.41 Å². The summed E-state index contributed by atoms with van der Waals surface area (Å²) in [5.41, 5.74) is 5.10. The number of nitrogens with two attached hydrogens (primary N) is 1. The molecule has 2 fully saturated rings. The zero-order valence-electron chi connectivity index (χ0n) is 11.9. The van der Waals surface area contributed by atoms with Crippen LogP contribution < -0.4 is 5.73 Å². The van der Waals surface area contributed by atoms with E-state index in [2.05, 4.69) is 9.59 Å². The number of amides is 1. The van der Waals surface area contributed by atoms with Crippen molar-refractivity contribution in [3.8, 4) is 0 Å². The van der Waals surface area contributed by atoms with Gasteiger partial charge in [-0.2, -0.15) is 0 Å². The van der Waals surface area contributed by atoms with Gasteiger partial charge in [0.05, 0.1) is 12.8 Å². The lowest BCUT2D eigenvalue weighted by molar-refractivity contribution is -0.159. The van der Waals surface area contributed by atoms with Gasteiger partial charge in [0.1, 0.15) is 21.0 Å². The van der Waals surface area contributed by atoms with Crippen LogP contribution in [0.4, 0.5) is 0 Å². The molecule has 2 saturated heterocycles. The first-order valence-corrected chi connectivity index (χ1v) is 9.63. The first-order chi connectivity index (χ1) is 10.6. The highest BCUT2D eigenvalue weighted by molar-refractivity contribution is 8.01. The minimum Gasteiger partial charge on any atom is -0.465 e. The summed E-state index contributed by atoms with van der Waals surface area (Å²) in [6.45, 7) is 2.49. The number of hydrogen-bond acceptors (Lipinski definition) is 9. The van der Waals surface area contributed by atoms with Crippen molar-refractivity contribution in [3.63, 3.8) is 0 Å². The number of ether oxygens (including phenoxy) is 1. The Morgan fingerprint density at radius 2 is 2.50 bits per heavy atom. The van der Waals surface area contributed by atoms with Crippen molar-refractivity contribution < 1.29 is 14.3 Å². The summed E-state index contributed by atoms with van der Waals surface area (Å²) in [6.07, 6.45) is 1.68. The predicted molar refractivity (Wildman–Crippen MR) is 85.6 cm³/mol. The lowest BCUT2D eigenvalue weighted by Gasteiger charge is -2.53. The van der Waals surface area contributed by atoms with Crippen molar-refractivity contribution in [1.29, 1.82) is 0 Å². The van der Waals surface area contributed by atoms with E-state index in [-0.39, 0.29) is 17.3 Å². The largest absolute Gasteiger partial charge is 0.465 e. The highest BCUT2D eigenvalue weighted by Crippen LogP contribution is 2.44. The van der Waals surface area contributed by atoms with Gasteiger partial charge in [0, 0.05) is 18.1 Å². The fourth-order valence-corrected chi connectivity index (χ4v) is 5.73. The molecule has 3 heterocycles. The zero-order chi connectivity index (χ0) is 15.7. The predicted octanol–water partition coefficient (Wildman–Crippen LogP) is 0.422. The van der Waals surface area contributed by atoms with Crippen LogP contribution >= 0.6 is 35.1 Å². The Morgan fingerprint density at radius 3 is 3.18 bits per heavy atom. The molecule has 3 atom stereocenters. The quantitative estimate of drug-likeness (QED) is 0.458. The van der Waals surface area contributed by atoms with Gasteiger partial charge in [0.15, 0.2) is 0 Å². The number of rotatable bonds is 5.